The highest BCUT2D eigenvalue weighted by molar-refractivity contribution is 5.29. The van der Waals surface area contributed by atoms with Crippen LogP contribution in [0, 0.1) is 0 Å². The van der Waals surface area contributed by atoms with Crippen LogP contribution < -0.4 is 10.1 Å². The van der Waals surface area contributed by atoms with E-state index in [0.29, 0.717) is 12.1 Å². The topological polar surface area (TPSA) is 24.5 Å². The van der Waals surface area contributed by atoms with E-state index in [1.165, 1.54) is 24.9 Å². The summed E-state index contributed by atoms with van der Waals surface area (Å²) in [6.45, 7) is 10.8. The van der Waals surface area contributed by atoms with Crippen LogP contribution in [0.5, 0.6) is 5.75 Å². The van der Waals surface area contributed by atoms with Crippen molar-refractivity contribution in [3.8, 4) is 5.75 Å². The highest BCUT2D eigenvalue weighted by Crippen LogP contribution is 2.26. The first kappa shape index (κ1) is 15.3. The molecule has 0 radical (unpaired) electrons. The summed E-state index contributed by atoms with van der Waals surface area (Å²) >= 11 is 0. The highest BCUT2D eigenvalue weighted by Gasteiger charge is 2.26. The Morgan fingerprint density at radius 3 is 2.60 bits per heavy atom. The summed E-state index contributed by atoms with van der Waals surface area (Å²) in [6.07, 6.45) is 2.47. The van der Waals surface area contributed by atoms with E-state index in [0.717, 1.165) is 25.4 Å². The van der Waals surface area contributed by atoms with Crippen LogP contribution in [0.2, 0.25) is 0 Å². The van der Waals surface area contributed by atoms with Gasteiger partial charge in [0.05, 0.1) is 6.61 Å². The van der Waals surface area contributed by atoms with Gasteiger partial charge in [-0.15, -0.1) is 0 Å². The van der Waals surface area contributed by atoms with Gasteiger partial charge in [0.15, 0.2) is 0 Å². The first-order valence-corrected chi connectivity index (χ1v) is 7.95. The Morgan fingerprint density at radius 1 is 1.30 bits per heavy atom. The summed E-state index contributed by atoms with van der Waals surface area (Å²) < 4.78 is 5.52. The average molecular weight is 276 g/mol. The highest BCUT2D eigenvalue weighted by atomic mass is 16.5. The minimum atomic E-state index is 0.468. The summed E-state index contributed by atoms with van der Waals surface area (Å²) in [5.74, 6) is 0.966. The van der Waals surface area contributed by atoms with Crippen molar-refractivity contribution in [1.82, 2.24) is 10.2 Å². The molecule has 3 heteroatoms. The van der Waals surface area contributed by atoms with Crippen molar-refractivity contribution < 1.29 is 4.74 Å². The standard InChI is InChI=1S/C17H28N2O/c1-4-12-19(16-10-11-18-13-16)14(3)15-6-8-17(9-7-15)20-5-2/h6-9,14,16,18H,4-5,10-13H2,1-3H3. The van der Waals surface area contributed by atoms with Gasteiger partial charge in [0.1, 0.15) is 5.75 Å². The molecule has 0 aliphatic carbocycles. The Hall–Kier alpha value is -1.06. The molecule has 2 rings (SSSR count). The second kappa shape index (κ2) is 7.65. The van der Waals surface area contributed by atoms with E-state index < -0.39 is 0 Å². The largest absolute Gasteiger partial charge is 0.494 e. The SMILES string of the molecule is CCCN(C1CCNC1)C(C)c1ccc(OCC)cc1. The summed E-state index contributed by atoms with van der Waals surface area (Å²) in [7, 11) is 0. The van der Waals surface area contributed by atoms with E-state index in [1.807, 2.05) is 6.92 Å². The van der Waals surface area contributed by atoms with Crippen molar-refractivity contribution in [2.75, 3.05) is 26.2 Å². The molecule has 0 spiro atoms. The molecule has 1 saturated heterocycles. The van der Waals surface area contributed by atoms with E-state index in [-0.39, 0.29) is 0 Å². The lowest BCUT2D eigenvalue weighted by Crippen LogP contribution is -2.39. The number of nitrogens with zero attached hydrogens (tertiary/aromatic N) is 1. The van der Waals surface area contributed by atoms with Crippen molar-refractivity contribution in [2.45, 2.75) is 45.7 Å². The van der Waals surface area contributed by atoms with Crippen LogP contribution in [-0.4, -0.2) is 37.2 Å². The molecule has 1 aromatic carbocycles. The molecular formula is C17H28N2O. The van der Waals surface area contributed by atoms with Gasteiger partial charge >= 0.3 is 0 Å². The van der Waals surface area contributed by atoms with Gasteiger partial charge in [0, 0.05) is 18.6 Å². The first-order chi connectivity index (χ1) is 9.76. The van der Waals surface area contributed by atoms with Crippen molar-refractivity contribution >= 4 is 0 Å². The third-order valence-corrected chi connectivity index (χ3v) is 4.16. The lowest BCUT2D eigenvalue weighted by molar-refractivity contribution is 0.153. The quantitative estimate of drug-likeness (QED) is 0.827. The van der Waals surface area contributed by atoms with Gasteiger partial charge in [0.25, 0.3) is 0 Å². The normalized spacial score (nSPS) is 20.3. The summed E-state index contributed by atoms with van der Waals surface area (Å²) in [4.78, 5) is 2.65. The van der Waals surface area contributed by atoms with E-state index in [2.05, 4.69) is 48.3 Å². The maximum atomic E-state index is 5.52. The molecule has 0 saturated carbocycles. The van der Waals surface area contributed by atoms with Crippen LogP contribution in [0.25, 0.3) is 0 Å². The van der Waals surface area contributed by atoms with Crippen molar-refractivity contribution in [2.24, 2.45) is 0 Å². The Bertz CT molecular complexity index is 384. The van der Waals surface area contributed by atoms with Crippen molar-refractivity contribution in [3.63, 3.8) is 0 Å². The van der Waals surface area contributed by atoms with Crippen LogP contribution in [0.4, 0.5) is 0 Å². The van der Waals surface area contributed by atoms with Crippen molar-refractivity contribution in [3.05, 3.63) is 29.8 Å². The third kappa shape index (κ3) is 3.74. The molecule has 2 unspecified atom stereocenters. The van der Waals surface area contributed by atoms with Gasteiger partial charge in [-0.3, -0.25) is 4.90 Å². The Morgan fingerprint density at radius 2 is 2.05 bits per heavy atom. The zero-order valence-corrected chi connectivity index (χ0v) is 13.1. The van der Waals surface area contributed by atoms with E-state index in [4.69, 9.17) is 4.74 Å². The molecule has 0 aromatic heterocycles. The predicted molar refractivity (Wildman–Crippen MR) is 84.3 cm³/mol. The van der Waals surface area contributed by atoms with Crippen molar-refractivity contribution in [1.29, 1.82) is 0 Å². The summed E-state index contributed by atoms with van der Waals surface area (Å²) in [5.41, 5.74) is 1.38. The molecule has 1 heterocycles. The monoisotopic (exact) mass is 276 g/mol. The lowest BCUT2D eigenvalue weighted by Gasteiger charge is -2.34. The fourth-order valence-electron chi connectivity index (χ4n) is 3.07. The molecule has 3 nitrogen and oxygen atoms in total. The minimum absolute atomic E-state index is 0.468. The zero-order valence-electron chi connectivity index (χ0n) is 13.1. The Kier molecular flexibility index (Phi) is 5.86. The van der Waals surface area contributed by atoms with Gasteiger partial charge in [0.2, 0.25) is 0 Å². The molecule has 1 aliphatic heterocycles. The molecular weight excluding hydrogens is 248 g/mol. The maximum absolute atomic E-state index is 5.52. The lowest BCUT2D eigenvalue weighted by atomic mass is 10.0. The summed E-state index contributed by atoms with van der Waals surface area (Å²) in [6, 6.07) is 9.74. The first-order valence-electron chi connectivity index (χ1n) is 7.95. The van der Waals surface area contributed by atoms with Crippen LogP contribution in [0.15, 0.2) is 24.3 Å². The average Bonchev–Trinajstić information content (AvgIpc) is 2.99. The fourth-order valence-corrected chi connectivity index (χ4v) is 3.07. The zero-order chi connectivity index (χ0) is 14.4. The molecule has 1 aromatic rings. The molecule has 112 valence electrons. The predicted octanol–water partition coefficient (Wildman–Crippen LogP) is 3.22. The number of benzene rings is 1. The molecule has 1 fully saturated rings. The maximum Gasteiger partial charge on any atom is 0.119 e. The van der Waals surface area contributed by atoms with Crippen LogP contribution in [0.3, 0.4) is 0 Å². The Labute approximate surface area is 123 Å². The second-order valence-electron chi connectivity index (χ2n) is 5.56. The van der Waals surface area contributed by atoms with Gasteiger partial charge in [-0.1, -0.05) is 19.1 Å². The summed E-state index contributed by atoms with van der Waals surface area (Å²) in [5, 5.41) is 3.48. The smallest absolute Gasteiger partial charge is 0.119 e. The molecule has 0 bridgehead atoms. The molecule has 1 N–H and O–H groups in total. The van der Waals surface area contributed by atoms with Gasteiger partial charge in [-0.2, -0.15) is 0 Å². The van der Waals surface area contributed by atoms with Gasteiger partial charge in [-0.25, -0.2) is 0 Å². The van der Waals surface area contributed by atoms with Crippen LogP contribution in [0.1, 0.15) is 45.2 Å². The molecule has 1 aliphatic rings. The Balaban J connectivity index is 2.07. The number of rotatable bonds is 7. The van der Waals surface area contributed by atoms with E-state index >= 15 is 0 Å². The number of nitrogens with one attached hydrogen (secondary N) is 1. The third-order valence-electron chi connectivity index (χ3n) is 4.16. The number of hydrogen-bond donors (Lipinski definition) is 1. The van der Waals surface area contributed by atoms with Crippen LogP contribution in [-0.2, 0) is 0 Å². The minimum Gasteiger partial charge on any atom is -0.494 e. The van der Waals surface area contributed by atoms with E-state index in [9.17, 15) is 0 Å². The van der Waals surface area contributed by atoms with Crippen LogP contribution >= 0.6 is 0 Å². The van der Waals surface area contributed by atoms with Gasteiger partial charge in [-0.05, 0) is 57.5 Å². The number of hydrogen-bond acceptors (Lipinski definition) is 3. The molecule has 20 heavy (non-hydrogen) atoms. The van der Waals surface area contributed by atoms with E-state index in [1.54, 1.807) is 0 Å². The molecule has 2 atom stereocenters. The van der Waals surface area contributed by atoms with Gasteiger partial charge < -0.3 is 10.1 Å². The molecule has 0 amide bonds. The second-order valence-corrected chi connectivity index (χ2v) is 5.56. The number of ether oxygens (including phenoxy) is 1. The fraction of sp³-hybridized carbons (Fsp3) is 0.647.